The first-order valence-corrected chi connectivity index (χ1v) is 23.4. The van der Waals surface area contributed by atoms with Crippen molar-refractivity contribution in [1.29, 1.82) is 0 Å². The molecule has 350 valence electrons. The highest BCUT2D eigenvalue weighted by molar-refractivity contribution is 7.10. The Morgan fingerprint density at radius 3 is 1.30 bits per heavy atom. The van der Waals surface area contributed by atoms with Gasteiger partial charge in [-0.3, -0.25) is 9.59 Å². The molecule has 2 aromatic heterocycles. The summed E-state index contributed by atoms with van der Waals surface area (Å²) in [7, 11) is 6.47. The monoisotopic (exact) mass is 922 g/mol. The molecule has 2 aliphatic heterocycles. The van der Waals surface area contributed by atoms with Crippen LogP contribution in [0, 0.1) is 11.8 Å². The van der Waals surface area contributed by atoms with E-state index in [1.165, 1.54) is 9.75 Å². The van der Waals surface area contributed by atoms with E-state index in [0.29, 0.717) is 11.8 Å². The van der Waals surface area contributed by atoms with E-state index >= 15 is 0 Å². The molecular formula is C48H66N4O10S2. The van der Waals surface area contributed by atoms with Crippen LogP contribution in [0.25, 0.3) is 0 Å². The zero-order valence-corrected chi connectivity index (χ0v) is 40.0. The summed E-state index contributed by atoms with van der Waals surface area (Å²) in [5.41, 5.74) is 1.65. The van der Waals surface area contributed by atoms with Gasteiger partial charge in [0.15, 0.2) is 0 Å². The number of para-hydroxylation sites is 4. The summed E-state index contributed by atoms with van der Waals surface area (Å²) in [6.45, 7) is 14.2. The summed E-state index contributed by atoms with van der Waals surface area (Å²) in [6.07, 6.45) is 3.06. The topological polar surface area (TPSA) is 159 Å². The Morgan fingerprint density at radius 1 is 0.625 bits per heavy atom. The van der Waals surface area contributed by atoms with Crippen LogP contribution in [0.1, 0.15) is 50.3 Å². The van der Waals surface area contributed by atoms with Gasteiger partial charge in [0.05, 0.1) is 25.6 Å². The van der Waals surface area contributed by atoms with Crippen molar-refractivity contribution in [3.63, 3.8) is 0 Å². The number of ether oxygens (including phenoxy) is 4. The molecule has 0 bridgehead atoms. The minimum absolute atomic E-state index is 0.0131. The number of anilines is 2. The number of thiophene rings is 2. The van der Waals surface area contributed by atoms with Crippen molar-refractivity contribution in [3.8, 4) is 11.5 Å². The molecule has 2 fully saturated rings. The highest BCUT2D eigenvalue weighted by Gasteiger charge is 2.38. The molecule has 0 saturated carbocycles. The summed E-state index contributed by atoms with van der Waals surface area (Å²) in [6, 6.07) is 24.4. The molecule has 6 rings (SSSR count). The van der Waals surface area contributed by atoms with Crippen LogP contribution in [0.2, 0.25) is 0 Å². The second-order valence-electron chi connectivity index (χ2n) is 16.1. The van der Waals surface area contributed by atoms with Crippen molar-refractivity contribution in [2.75, 3.05) is 77.5 Å². The smallest absolute Gasteiger partial charge is 0.414 e. The maximum Gasteiger partial charge on any atom is 0.414 e. The number of benzene rings is 2. The third-order valence-corrected chi connectivity index (χ3v) is 13.7. The van der Waals surface area contributed by atoms with Crippen LogP contribution in [0.3, 0.4) is 0 Å². The number of carbonyl (C=O) groups excluding carboxylic acids is 2. The molecular weight excluding hydrogens is 857 g/mol. The first kappa shape index (κ1) is 51.8. The number of amides is 2. The molecule has 2 amide bonds. The van der Waals surface area contributed by atoms with Gasteiger partial charge >= 0.3 is 11.9 Å². The molecule has 2 saturated heterocycles. The third kappa shape index (κ3) is 14.6. The Hall–Kier alpha value is -4.84. The number of carboxylic acid groups (broad SMARTS) is 2. The standard InChI is InChI=1S/2C23H32N2O3S.C2H2O4/c2*1-17-16-24(13-11-19-8-7-15-29-19)14-12-20(17)25(23(26)18(2)27-3)21-9-5-6-10-22(21)28-4;3-1(4)2(5)6/h2*5-10,15,17-18,20H,11-14,16H2,1-4H3;(H,3,4)(H,5,6)/t2*17-,18?,20?;/m11./s1. The number of nitrogens with zero attached hydrogens (tertiary/aromatic N) is 4. The maximum atomic E-state index is 13.3. The van der Waals surface area contributed by atoms with Gasteiger partial charge in [0.2, 0.25) is 0 Å². The van der Waals surface area contributed by atoms with E-state index in [4.69, 9.17) is 38.7 Å². The zero-order valence-electron chi connectivity index (χ0n) is 38.4. The van der Waals surface area contributed by atoms with Crippen molar-refractivity contribution in [1.82, 2.24) is 9.80 Å². The summed E-state index contributed by atoms with van der Waals surface area (Å²) >= 11 is 3.64. The summed E-state index contributed by atoms with van der Waals surface area (Å²) < 4.78 is 21.9. The van der Waals surface area contributed by atoms with Gasteiger partial charge in [0.1, 0.15) is 23.7 Å². The van der Waals surface area contributed by atoms with E-state index in [2.05, 4.69) is 58.7 Å². The van der Waals surface area contributed by atoms with Crippen molar-refractivity contribution in [3.05, 3.63) is 93.3 Å². The first-order valence-electron chi connectivity index (χ1n) is 21.7. The lowest BCUT2D eigenvalue weighted by molar-refractivity contribution is -0.159. The van der Waals surface area contributed by atoms with E-state index in [-0.39, 0.29) is 23.9 Å². The summed E-state index contributed by atoms with van der Waals surface area (Å²) in [5, 5.41) is 19.1. The minimum atomic E-state index is -1.82. The fourth-order valence-corrected chi connectivity index (χ4v) is 9.63. The Bertz CT molecular complexity index is 1890. The lowest BCUT2D eigenvalue weighted by Crippen LogP contribution is -2.54. The fourth-order valence-electron chi connectivity index (χ4n) is 8.23. The molecule has 14 nitrogen and oxygen atoms in total. The SMILES string of the molecule is COc1ccccc1N(C(=O)C(C)OC)C1CCN(CCc2cccs2)C[C@H]1C.COc1ccccc1N(C(=O)C(C)OC)C1CCN(CCc2cccs2)C[C@H]1C.O=C(O)C(=O)O. The van der Waals surface area contributed by atoms with Crippen LogP contribution in [0.5, 0.6) is 11.5 Å². The second-order valence-corrected chi connectivity index (χ2v) is 18.1. The fraction of sp³-hybridized carbons (Fsp3) is 0.500. The van der Waals surface area contributed by atoms with Crippen LogP contribution < -0.4 is 19.3 Å². The zero-order chi connectivity index (χ0) is 46.8. The molecule has 4 aromatic rings. The van der Waals surface area contributed by atoms with Gasteiger partial charge in [-0.15, -0.1) is 22.7 Å². The molecule has 64 heavy (non-hydrogen) atoms. The molecule has 4 unspecified atom stereocenters. The Kier molecular flexibility index (Phi) is 21.2. The van der Waals surface area contributed by atoms with Gasteiger partial charge in [0, 0.05) is 75.3 Å². The molecule has 0 radical (unpaired) electrons. The Morgan fingerprint density at radius 2 is 1.00 bits per heavy atom. The first-order chi connectivity index (χ1) is 30.7. The number of aliphatic carboxylic acids is 2. The third-order valence-electron chi connectivity index (χ3n) is 11.8. The number of likely N-dealkylation sites (tertiary alicyclic amines) is 2. The molecule has 0 spiro atoms. The highest BCUT2D eigenvalue weighted by atomic mass is 32.1. The number of hydrogen-bond acceptors (Lipinski definition) is 12. The average Bonchev–Trinajstić information content (AvgIpc) is 4.04. The number of rotatable bonds is 16. The average molecular weight is 923 g/mol. The lowest BCUT2D eigenvalue weighted by Gasteiger charge is -2.43. The largest absolute Gasteiger partial charge is 0.495 e. The molecule has 2 aliphatic rings. The van der Waals surface area contributed by atoms with Crippen molar-refractivity contribution in [2.24, 2.45) is 11.8 Å². The number of carboxylic acids is 2. The highest BCUT2D eigenvalue weighted by Crippen LogP contribution is 2.36. The van der Waals surface area contributed by atoms with Crippen LogP contribution >= 0.6 is 22.7 Å². The molecule has 2 aromatic carbocycles. The van der Waals surface area contributed by atoms with Crippen molar-refractivity contribution >= 4 is 57.8 Å². The lowest BCUT2D eigenvalue weighted by atomic mass is 9.91. The van der Waals surface area contributed by atoms with Crippen LogP contribution in [-0.4, -0.2) is 136 Å². The van der Waals surface area contributed by atoms with Gasteiger partial charge in [0.25, 0.3) is 11.8 Å². The minimum Gasteiger partial charge on any atom is -0.495 e. The van der Waals surface area contributed by atoms with Gasteiger partial charge < -0.3 is 48.8 Å². The van der Waals surface area contributed by atoms with Crippen molar-refractivity contribution in [2.45, 2.75) is 77.7 Å². The normalized spacial score (nSPS) is 19.7. The van der Waals surface area contributed by atoms with Crippen LogP contribution in [0.4, 0.5) is 11.4 Å². The predicted octanol–water partition coefficient (Wildman–Crippen LogP) is 7.31. The molecule has 16 heteroatoms. The number of carbonyl (C=O) groups is 4. The van der Waals surface area contributed by atoms with E-state index in [9.17, 15) is 9.59 Å². The van der Waals surface area contributed by atoms with E-state index in [0.717, 1.165) is 87.8 Å². The Labute approximate surface area is 386 Å². The van der Waals surface area contributed by atoms with Crippen LogP contribution in [0.15, 0.2) is 83.6 Å². The predicted molar refractivity (Wildman–Crippen MR) is 253 cm³/mol. The number of hydrogen-bond donors (Lipinski definition) is 2. The van der Waals surface area contributed by atoms with Gasteiger partial charge in [-0.2, -0.15) is 0 Å². The molecule has 4 heterocycles. The summed E-state index contributed by atoms with van der Waals surface area (Å²) in [5.74, 6) is -1.53. The number of methoxy groups -OCH3 is 4. The summed E-state index contributed by atoms with van der Waals surface area (Å²) in [4.78, 5) is 56.5. The van der Waals surface area contributed by atoms with E-state index < -0.39 is 24.1 Å². The second kappa shape index (κ2) is 26.2. The Balaban J connectivity index is 0.000000249. The van der Waals surface area contributed by atoms with Crippen LogP contribution in [-0.2, 0) is 41.5 Å². The quantitative estimate of drug-likeness (QED) is 0.108. The van der Waals surface area contributed by atoms with Gasteiger partial charge in [-0.25, -0.2) is 9.59 Å². The molecule has 0 aliphatic carbocycles. The van der Waals surface area contributed by atoms with E-state index in [1.54, 1.807) is 28.4 Å². The molecule has 6 atom stereocenters. The maximum absolute atomic E-state index is 13.3. The number of piperidine rings is 2. The molecule has 2 N–H and O–H groups in total. The van der Waals surface area contributed by atoms with E-state index in [1.807, 2.05) is 94.9 Å². The van der Waals surface area contributed by atoms with Crippen molar-refractivity contribution < 1.29 is 48.3 Å². The van der Waals surface area contributed by atoms with Gasteiger partial charge in [-0.1, -0.05) is 50.2 Å². The van der Waals surface area contributed by atoms with Gasteiger partial charge in [-0.05, 0) is 98.5 Å².